The van der Waals surface area contributed by atoms with Gasteiger partial charge in [0.05, 0.1) is 19.9 Å². The van der Waals surface area contributed by atoms with E-state index in [2.05, 4.69) is 15.3 Å². The molecule has 2 aromatic rings. The van der Waals surface area contributed by atoms with Crippen LogP contribution in [0.5, 0.6) is 5.75 Å². The molecular formula is C12H14N4O2S. The van der Waals surface area contributed by atoms with E-state index < -0.39 is 0 Å². The molecule has 0 spiro atoms. The Balaban J connectivity index is 2.26. The fraction of sp³-hybridized carbons (Fsp3) is 0.250. The highest BCUT2D eigenvalue weighted by Crippen LogP contribution is 2.19. The van der Waals surface area contributed by atoms with Crippen LogP contribution < -0.4 is 4.74 Å². The number of ether oxygens (including phenoxy) is 2. The van der Waals surface area contributed by atoms with E-state index in [4.69, 9.17) is 21.7 Å². The van der Waals surface area contributed by atoms with Gasteiger partial charge in [0.1, 0.15) is 12.1 Å². The number of benzene rings is 1. The Labute approximate surface area is 115 Å². The van der Waals surface area contributed by atoms with Crippen molar-refractivity contribution in [1.82, 2.24) is 14.9 Å². The Morgan fingerprint density at radius 3 is 2.95 bits per heavy atom. The van der Waals surface area contributed by atoms with Crippen LogP contribution in [0.4, 0.5) is 0 Å². The van der Waals surface area contributed by atoms with Crippen molar-refractivity contribution in [3.8, 4) is 5.75 Å². The number of rotatable bonds is 5. The molecule has 2 rings (SSSR count). The van der Waals surface area contributed by atoms with Crippen LogP contribution in [-0.4, -0.2) is 35.3 Å². The minimum Gasteiger partial charge on any atom is -0.496 e. The minimum atomic E-state index is 0.446. The molecule has 0 amide bonds. The van der Waals surface area contributed by atoms with Crippen LogP contribution in [0.2, 0.25) is 0 Å². The summed E-state index contributed by atoms with van der Waals surface area (Å²) < 4.78 is 12.3. The van der Waals surface area contributed by atoms with Gasteiger partial charge in [0.2, 0.25) is 4.77 Å². The predicted octanol–water partition coefficient (Wildman–Crippen LogP) is 1.98. The maximum atomic E-state index is 5.26. The van der Waals surface area contributed by atoms with Crippen LogP contribution in [0.25, 0.3) is 0 Å². The van der Waals surface area contributed by atoms with Gasteiger partial charge in [-0.15, -0.1) is 0 Å². The average molecular weight is 278 g/mol. The molecule has 0 saturated heterocycles. The summed E-state index contributed by atoms with van der Waals surface area (Å²) in [5.74, 6) is 0.791. The van der Waals surface area contributed by atoms with E-state index in [1.165, 1.54) is 11.0 Å². The number of methoxy groups -OCH3 is 2. The summed E-state index contributed by atoms with van der Waals surface area (Å²) in [5.41, 5.74) is 1.89. The molecule has 0 bridgehead atoms. The molecule has 0 saturated carbocycles. The second-order valence-electron chi connectivity index (χ2n) is 3.75. The normalized spacial score (nSPS) is 11.1. The molecule has 19 heavy (non-hydrogen) atoms. The summed E-state index contributed by atoms with van der Waals surface area (Å²) in [7, 11) is 3.28. The monoisotopic (exact) mass is 278 g/mol. The molecule has 0 fully saturated rings. The van der Waals surface area contributed by atoms with Crippen molar-refractivity contribution in [1.29, 1.82) is 0 Å². The lowest BCUT2D eigenvalue weighted by molar-refractivity contribution is 0.181. The van der Waals surface area contributed by atoms with Crippen molar-refractivity contribution in [3.05, 3.63) is 40.4 Å². The minimum absolute atomic E-state index is 0.446. The zero-order valence-electron chi connectivity index (χ0n) is 10.7. The molecule has 7 heteroatoms. The quantitative estimate of drug-likeness (QED) is 0.671. The molecule has 0 aliphatic rings. The van der Waals surface area contributed by atoms with E-state index in [0.717, 1.165) is 16.9 Å². The van der Waals surface area contributed by atoms with Crippen LogP contribution in [0, 0.1) is 4.77 Å². The van der Waals surface area contributed by atoms with Gasteiger partial charge < -0.3 is 9.47 Å². The van der Waals surface area contributed by atoms with Crippen LogP contribution in [0.1, 0.15) is 11.1 Å². The number of H-pyrrole nitrogens is 1. The Morgan fingerprint density at radius 1 is 1.47 bits per heavy atom. The molecule has 1 aromatic heterocycles. The second kappa shape index (κ2) is 6.26. The van der Waals surface area contributed by atoms with E-state index in [-0.39, 0.29) is 0 Å². The zero-order chi connectivity index (χ0) is 13.7. The molecule has 0 aliphatic heterocycles. The lowest BCUT2D eigenvalue weighted by Gasteiger charge is -2.08. The largest absolute Gasteiger partial charge is 0.496 e. The van der Waals surface area contributed by atoms with Gasteiger partial charge in [-0.2, -0.15) is 14.9 Å². The van der Waals surface area contributed by atoms with Gasteiger partial charge in [-0.3, -0.25) is 5.10 Å². The molecule has 0 aliphatic carbocycles. The first kappa shape index (κ1) is 13.4. The van der Waals surface area contributed by atoms with Gasteiger partial charge in [0.25, 0.3) is 0 Å². The second-order valence-corrected chi connectivity index (χ2v) is 4.14. The van der Waals surface area contributed by atoms with Gasteiger partial charge in [0, 0.05) is 12.7 Å². The van der Waals surface area contributed by atoms with Crippen molar-refractivity contribution in [2.24, 2.45) is 5.10 Å². The Kier molecular flexibility index (Phi) is 4.43. The molecule has 1 N–H and O–H groups in total. The number of aromatic nitrogens is 3. The van der Waals surface area contributed by atoms with Crippen molar-refractivity contribution in [2.75, 3.05) is 14.2 Å². The molecule has 0 unspecified atom stereocenters. The van der Waals surface area contributed by atoms with E-state index in [1.807, 2.05) is 18.2 Å². The molecular weight excluding hydrogens is 264 g/mol. The number of hydrogen-bond acceptors (Lipinski definition) is 5. The molecule has 0 atom stereocenters. The molecule has 1 aromatic carbocycles. The van der Waals surface area contributed by atoms with Gasteiger partial charge in [-0.1, -0.05) is 0 Å². The van der Waals surface area contributed by atoms with Crippen LogP contribution in [-0.2, 0) is 11.3 Å². The van der Waals surface area contributed by atoms with E-state index in [1.54, 1.807) is 20.4 Å². The number of nitrogens with zero attached hydrogens (tertiary/aromatic N) is 3. The summed E-state index contributed by atoms with van der Waals surface area (Å²) in [5, 5.41) is 10.6. The van der Waals surface area contributed by atoms with Gasteiger partial charge in [0.15, 0.2) is 0 Å². The summed E-state index contributed by atoms with van der Waals surface area (Å²) >= 11 is 5.00. The standard InChI is InChI=1S/C12H14N4O2S/c1-17-7-10-5-9(3-4-11(10)18-2)6-14-16-8-13-15-12(16)19/h3-6,8H,7H2,1-2H3,(H,15,19). The smallest absolute Gasteiger partial charge is 0.216 e. The third kappa shape index (κ3) is 3.27. The highest BCUT2D eigenvalue weighted by molar-refractivity contribution is 7.71. The first-order chi connectivity index (χ1) is 9.24. The first-order valence-corrected chi connectivity index (χ1v) is 5.97. The third-order valence-corrected chi connectivity index (χ3v) is 2.75. The fourth-order valence-electron chi connectivity index (χ4n) is 1.60. The van der Waals surface area contributed by atoms with Gasteiger partial charge >= 0.3 is 0 Å². The fourth-order valence-corrected chi connectivity index (χ4v) is 1.75. The van der Waals surface area contributed by atoms with Gasteiger partial charge in [-0.05, 0) is 36.0 Å². The SMILES string of the molecule is COCc1cc(C=Nn2cn[nH]c2=S)ccc1OC. The Morgan fingerprint density at radius 2 is 2.32 bits per heavy atom. The van der Waals surface area contributed by atoms with E-state index >= 15 is 0 Å². The summed E-state index contributed by atoms with van der Waals surface area (Å²) in [6.07, 6.45) is 3.21. The number of aromatic amines is 1. The first-order valence-electron chi connectivity index (χ1n) is 5.57. The van der Waals surface area contributed by atoms with E-state index in [9.17, 15) is 0 Å². The number of hydrogen-bond donors (Lipinski definition) is 1. The maximum Gasteiger partial charge on any atom is 0.216 e. The number of nitrogens with one attached hydrogen (secondary N) is 1. The van der Waals surface area contributed by atoms with Crippen molar-refractivity contribution in [2.45, 2.75) is 6.61 Å². The lowest BCUT2D eigenvalue weighted by Crippen LogP contribution is -1.96. The van der Waals surface area contributed by atoms with Crippen LogP contribution in [0.15, 0.2) is 29.6 Å². The maximum absolute atomic E-state index is 5.26. The van der Waals surface area contributed by atoms with Crippen molar-refractivity contribution < 1.29 is 9.47 Å². The summed E-state index contributed by atoms with van der Waals surface area (Å²) in [4.78, 5) is 0. The molecule has 0 radical (unpaired) electrons. The van der Waals surface area contributed by atoms with E-state index in [0.29, 0.717) is 11.4 Å². The topological polar surface area (TPSA) is 64.4 Å². The molecule has 100 valence electrons. The van der Waals surface area contributed by atoms with Crippen LogP contribution in [0.3, 0.4) is 0 Å². The highest BCUT2D eigenvalue weighted by atomic mass is 32.1. The zero-order valence-corrected chi connectivity index (χ0v) is 11.5. The molecule has 6 nitrogen and oxygen atoms in total. The van der Waals surface area contributed by atoms with Crippen molar-refractivity contribution in [3.63, 3.8) is 0 Å². The molecule has 1 heterocycles. The van der Waals surface area contributed by atoms with Crippen LogP contribution >= 0.6 is 12.2 Å². The summed E-state index contributed by atoms with van der Waals surface area (Å²) in [6, 6.07) is 5.74. The Hall–Kier alpha value is -1.99. The van der Waals surface area contributed by atoms with Gasteiger partial charge in [-0.25, -0.2) is 0 Å². The lowest BCUT2D eigenvalue weighted by atomic mass is 10.1. The summed E-state index contributed by atoms with van der Waals surface area (Å²) in [6.45, 7) is 0.482. The Bertz CT molecular complexity index is 633. The highest BCUT2D eigenvalue weighted by Gasteiger charge is 2.03. The predicted molar refractivity (Wildman–Crippen MR) is 74.1 cm³/mol. The van der Waals surface area contributed by atoms with Crippen molar-refractivity contribution >= 4 is 18.4 Å². The average Bonchev–Trinajstić information content (AvgIpc) is 2.82. The third-order valence-electron chi connectivity index (χ3n) is 2.47.